The van der Waals surface area contributed by atoms with E-state index < -0.39 is 28.3 Å². The van der Waals surface area contributed by atoms with Crippen molar-refractivity contribution in [3.8, 4) is 0 Å². The van der Waals surface area contributed by atoms with E-state index in [0.717, 1.165) is 6.26 Å². The molecule has 0 spiro atoms. The lowest BCUT2D eigenvalue weighted by atomic mass is 10.2. The Balaban J connectivity index is 1.95. The molecule has 0 atom stereocenters. The molecule has 0 saturated heterocycles. The number of anilines is 1. The van der Waals surface area contributed by atoms with Gasteiger partial charge in [0.1, 0.15) is 0 Å². The first kappa shape index (κ1) is 19.0. The van der Waals surface area contributed by atoms with Crippen LogP contribution >= 0.6 is 11.6 Å². The van der Waals surface area contributed by atoms with Crippen LogP contribution in [0.5, 0.6) is 0 Å². The van der Waals surface area contributed by atoms with Crippen LogP contribution in [0.15, 0.2) is 47.4 Å². The summed E-state index contributed by atoms with van der Waals surface area (Å²) in [7, 11) is -3.34. The number of halogens is 1. The first-order valence-corrected chi connectivity index (χ1v) is 9.47. The predicted octanol–water partition coefficient (Wildman–Crippen LogP) is 2.85. The van der Waals surface area contributed by atoms with E-state index in [2.05, 4.69) is 5.32 Å². The van der Waals surface area contributed by atoms with Gasteiger partial charge in [0.25, 0.3) is 5.91 Å². The number of rotatable bonds is 5. The lowest BCUT2D eigenvalue weighted by Gasteiger charge is -2.10. The summed E-state index contributed by atoms with van der Waals surface area (Å²) in [4.78, 5) is 23.9. The van der Waals surface area contributed by atoms with Crippen LogP contribution in [-0.2, 0) is 19.4 Å². The van der Waals surface area contributed by atoms with E-state index >= 15 is 0 Å². The minimum Gasteiger partial charge on any atom is -0.452 e. The highest BCUT2D eigenvalue weighted by Gasteiger charge is 2.13. The summed E-state index contributed by atoms with van der Waals surface area (Å²) in [6, 6.07) is 10.4. The second kappa shape index (κ2) is 7.67. The van der Waals surface area contributed by atoms with Crippen molar-refractivity contribution in [2.75, 3.05) is 18.2 Å². The van der Waals surface area contributed by atoms with E-state index in [-0.39, 0.29) is 10.5 Å². The molecule has 25 heavy (non-hydrogen) atoms. The zero-order chi connectivity index (χ0) is 18.6. The van der Waals surface area contributed by atoms with Crippen molar-refractivity contribution in [1.82, 2.24) is 0 Å². The van der Waals surface area contributed by atoms with Crippen molar-refractivity contribution < 1.29 is 22.7 Å². The predicted molar refractivity (Wildman–Crippen MR) is 94.7 cm³/mol. The summed E-state index contributed by atoms with van der Waals surface area (Å²) in [5, 5.41) is 3.12. The monoisotopic (exact) mass is 381 g/mol. The lowest BCUT2D eigenvalue weighted by Crippen LogP contribution is -2.21. The number of nitrogens with one attached hydrogen (secondary N) is 1. The largest absolute Gasteiger partial charge is 0.452 e. The fraction of sp³-hybridized carbons (Fsp3) is 0.176. The van der Waals surface area contributed by atoms with Crippen molar-refractivity contribution >= 4 is 39.0 Å². The van der Waals surface area contributed by atoms with Crippen molar-refractivity contribution in [2.24, 2.45) is 0 Å². The Morgan fingerprint density at radius 2 is 1.76 bits per heavy atom. The number of benzene rings is 2. The summed E-state index contributed by atoms with van der Waals surface area (Å²) in [5.41, 5.74) is 1.39. The molecule has 2 aromatic rings. The molecule has 0 unspecified atom stereocenters. The summed E-state index contributed by atoms with van der Waals surface area (Å²) in [5.74, 6) is -1.23. The number of amides is 1. The Bertz CT molecular complexity index is 907. The molecule has 0 fully saturated rings. The zero-order valence-corrected chi connectivity index (χ0v) is 15.1. The van der Waals surface area contributed by atoms with Gasteiger partial charge in [-0.05, 0) is 48.9 Å². The molecule has 6 nitrogen and oxygen atoms in total. The van der Waals surface area contributed by atoms with E-state index in [0.29, 0.717) is 16.3 Å². The highest BCUT2D eigenvalue weighted by molar-refractivity contribution is 7.90. The Hall–Kier alpha value is -2.38. The van der Waals surface area contributed by atoms with Crippen LogP contribution in [0, 0.1) is 6.92 Å². The Kier molecular flexibility index (Phi) is 5.81. The number of hydrogen-bond acceptors (Lipinski definition) is 5. The first-order chi connectivity index (χ1) is 11.7. The summed E-state index contributed by atoms with van der Waals surface area (Å²) < 4.78 is 27.7. The number of carbonyl (C=O) groups excluding carboxylic acids is 2. The van der Waals surface area contributed by atoms with Crippen molar-refractivity contribution in [1.29, 1.82) is 0 Å². The van der Waals surface area contributed by atoms with Gasteiger partial charge in [-0.25, -0.2) is 13.2 Å². The first-order valence-electron chi connectivity index (χ1n) is 7.20. The van der Waals surface area contributed by atoms with Gasteiger partial charge < -0.3 is 10.1 Å². The maximum Gasteiger partial charge on any atom is 0.338 e. The SMILES string of the molecule is Cc1c(Cl)cccc1NC(=O)COC(=O)c1ccc(S(C)(=O)=O)cc1. The van der Waals surface area contributed by atoms with Gasteiger partial charge >= 0.3 is 5.97 Å². The van der Waals surface area contributed by atoms with Gasteiger partial charge in [0.2, 0.25) is 0 Å². The van der Waals surface area contributed by atoms with Crippen molar-refractivity contribution in [2.45, 2.75) is 11.8 Å². The molecule has 0 aromatic heterocycles. The van der Waals surface area contributed by atoms with Crippen LogP contribution < -0.4 is 5.32 Å². The zero-order valence-electron chi connectivity index (χ0n) is 13.6. The van der Waals surface area contributed by atoms with E-state index in [4.69, 9.17) is 16.3 Å². The summed E-state index contributed by atoms with van der Waals surface area (Å²) >= 11 is 5.97. The standard InChI is InChI=1S/C17H16ClNO5S/c1-11-14(18)4-3-5-15(11)19-16(20)10-24-17(21)12-6-8-13(9-7-12)25(2,22)23/h3-9H,10H2,1-2H3,(H,19,20). The molecule has 1 amide bonds. The summed E-state index contributed by atoms with van der Waals surface area (Å²) in [6.07, 6.45) is 1.07. The maximum absolute atomic E-state index is 11.9. The molecular weight excluding hydrogens is 366 g/mol. The maximum atomic E-state index is 11.9. The average molecular weight is 382 g/mol. The molecule has 0 bridgehead atoms. The topological polar surface area (TPSA) is 89.5 Å². The molecule has 2 rings (SSSR count). The number of hydrogen-bond donors (Lipinski definition) is 1. The van der Waals surface area contributed by atoms with E-state index in [1.54, 1.807) is 25.1 Å². The highest BCUT2D eigenvalue weighted by atomic mass is 35.5. The molecular formula is C17H16ClNO5S. The average Bonchev–Trinajstić information content (AvgIpc) is 2.56. The fourth-order valence-corrected chi connectivity index (χ4v) is 2.79. The van der Waals surface area contributed by atoms with Gasteiger partial charge in [-0.3, -0.25) is 4.79 Å². The Labute approximate surface area is 150 Å². The smallest absolute Gasteiger partial charge is 0.338 e. The molecule has 0 aliphatic rings. The highest BCUT2D eigenvalue weighted by Crippen LogP contribution is 2.22. The quantitative estimate of drug-likeness (QED) is 0.804. The summed E-state index contributed by atoms with van der Waals surface area (Å²) in [6.45, 7) is 1.28. The van der Waals surface area contributed by atoms with Gasteiger partial charge in [-0.2, -0.15) is 0 Å². The second-order valence-corrected chi connectivity index (χ2v) is 7.76. The van der Waals surface area contributed by atoms with Crippen LogP contribution in [0.4, 0.5) is 5.69 Å². The van der Waals surface area contributed by atoms with Crippen LogP contribution in [0.1, 0.15) is 15.9 Å². The van der Waals surface area contributed by atoms with Crippen LogP contribution in [0.3, 0.4) is 0 Å². The van der Waals surface area contributed by atoms with Gasteiger partial charge in [0.15, 0.2) is 16.4 Å². The second-order valence-electron chi connectivity index (χ2n) is 5.33. The van der Waals surface area contributed by atoms with Crippen LogP contribution in [-0.4, -0.2) is 33.2 Å². The van der Waals surface area contributed by atoms with E-state index in [9.17, 15) is 18.0 Å². The van der Waals surface area contributed by atoms with Gasteiger partial charge in [0.05, 0.1) is 10.5 Å². The molecule has 132 valence electrons. The molecule has 0 aliphatic heterocycles. The number of sulfone groups is 1. The molecule has 2 aromatic carbocycles. The Morgan fingerprint density at radius 1 is 1.12 bits per heavy atom. The molecule has 0 radical (unpaired) electrons. The minimum atomic E-state index is -3.34. The third-order valence-electron chi connectivity index (χ3n) is 3.39. The van der Waals surface area contributed by atoms with Gasteiger partial charge in [0, 0.05) is 17.0 Å². The molecule has 8 heteroatoms. The van der Waals surface area contributed by atoms with E-state index in [1.807, 2.05) is 0 Å². The minimum absolute atomic E-state index is 0.0956. The van der Waals surface area contributed by atoms with E-state index in [1.165, 1.54) is 24.3 Å². The number of carbonyl (C=O) groups is 2. The molecule has 0 aliphatic carbocycles. The van der Waals surface area contributed by atoms with Gasteiger partial charge in [-0.15, -0.1) is 0 Å². The van der Waals surface area contributed by atoms with Crippen LogP contribution in [0.2, 0.25) is 5.02 Å². The van der Waals surface area contributed by atoms with Crippen LogP contribution in [0.25, 0.3) is 0 Å². The molecule has 0 saturated carbocycles. The Morgan fingerprint density at radius 3 is 2.36 bits per heavy atom. The van der Waals surface area contributed by atoms with Crippen molar-refractivity contribution in [3.05, 3.63) is 58.6 Å². The van der Waals surface area contributed by atoms with Gasteiger partial charge in [-0.1, -0.05) is 17.7 Å². The fourth-order valence-electron chi connectivity index (χ4n) is 1.98. The number of esters is 1. The van der Waals surface area contributed by atoms with Crippen molar-refractivity contribution in [3.63, 3.8) is 0 Å². The third kappa shape index (κ3) is 5.04. The molecule has 1 N–H and O–H groups in total. The third-order valence-corrected chi connectivity index (χ3v) is 4.93. The number of ether oxygens (including phenoxy) is 1. The molecule has 0 heterocycles. The normalized spacial score (nSPS) is 11.0. The lowest BCUT2D eigenvalue weighted by molar-refractivity contribution is -0.119.